The highest BCUT2D eigenvalue weighted by Gasteiger charge is 2.29. The number of sulfonamides is 1. The minimum Gasteiger partial charge on any atom is -0.399 e. The summed E-state index contributed by atoms with van der Waals surface area (Å²) < 4.78 is 26.2. The van der Waals surface area contributed by atoms with Crippen LogP contribution in [0.5, 0.6) is 0 Å². The van der Waals surface area contributed by atoms with Crippen LogP contribution in [0.3, 0.4) is 0 Å². The summed E-state index contributed by atoms with van der Waals surface area (Å²) in [6.07, 6.45) is 2.41. The highest BCUT2D eigenvalue weighted by Crippen LogP contribution is 2.35. The fourth-order valence-electron chi connectivity index (χ4n) is 1.95. The Morgan fingerprint density at radius 2 is 2.06 bits per heavy atom. The zero-order valence-electron chi connectivity index (χ0n) is 10.6. The largest absolute Gasteiger partial charge is 0.399 e. The van der Waals surface area contributed by atoms with Crippen LogP contribution in [0.25, 0.3) is 0 Å². The van der Waals surface area contributed by atoms with E-state index in [1.54, 1.807) is 12.1 Å². The van der Waals surface area contributed by atoms with E-state index in [1.165, 1.54) is 26.0 Å². The third kappa shape index (κ3) is 2.76. The maximum absolute atomic E-state index is 11.9. The van der Waals surface area contributed by atoms with Gasteiger partial charge in [0.1, 0.15) is 4.90 Å². The first-order valence-corrected chi connectivity index (χ1v) is 7.52. The maximum Gasteiger partial charge on any atom is 0.242 e. The highest BCUT2D eigenvalue weighted by atomic mass is 32.2. The molecule has 6 heteroatoms. The molecule has 1 aliphatic rings. The van der Waals surface area contributed by atoms with Crippen molar-refractivity contribution in [1.82, 2.24) is 4.72 Å². The Balaban J connectivity index is 2.34. The molecule has 1 atom stereocenters. The molecule has 0 saturated heterocycles. The van der Waals surface area contributed by atoms with Crippen LogP contribution >= 0.6 is 0 Å². The molecule has 5 nitrogen and oxygen atoms in total. The summed E-state index contributed by atoms with van der Waals surface area (Å²) >= 11 is 0. The maximum atomic E-state index is 11.9. The van der Waals surface area contributed by atoms with Gasteiger partial charge in [0.25, 0.3) is 0 Å². The molecule has 18 heavy (non-hydrogen) atoms. The Morgan fingerprint density at radius 1 is 1.39 bits per heavy atom. The number of nitrogen functional groups attached to an aromatic ring is 1. The molecule has 0 aliphatic heterocycles. The van der Waals surface area contributed by atoms with Gasteiger partial charge in [-0.2, -0.15) is 0 Å². The molecule has 1 aromatic carbocycles. The van der Waals surface area contributed by atoms with Gasteiger partial charge in [-0.25, -0.2) is 13.1 Å². The van der Waals surface area contributed by atoms with E-state index >= 15 is 0 Å². The van der Waals surface area contributed by atoms with Gasteiger partial charge in [-0.1, -0.05) is 0 Å². The second-order valence-corrected chi connectivity index (χ2v) is 6.59. The number of hydrogen-bond acceptors (Lipinski definition) is 4. The van der Waals surface area contributed by atoms with E-state index in [1.807, 2.05) is 0 Å². The van der Waals surface area contributed by atoms with Crippen molar-refractivity contribution >= 4 is 21.4 Å². The molecule has 1 aliphatic carbocycles. The summed E-state index contributed by atoms with van der Waals surface area (Å²) in [7, 11) is -2.10. The summed E-state index contributed by atoms with van der Waals surface area (Å²) in [4.78, 5) is 0.206. The molecule has 0 radical (unpaired) electrons. The van der Waals surface area contributed by atoms with Crippen LogP contribution in [0.4, 0.5) is 11.4 Å². The van der Waals surface area contributed by atoms with Gasteiger partial charge in [0.2, 0.25) is 10.0 Å². The molecule has 0 bridgehead atoms. The number of nitrogens with one attached hydrogen (secondary N) is 2. The molecule has 0 heterocycles. The number of benzene rings is 1. The Morgan fingerprint density at radius 3 is 2.61 bits per heavy atom. The molecule has 0 aromatic heterocycles. The number of nitrogens with two attached hydrogens (primary N) is 1. The summed E-state index contributed by atoms with van der Waals surface area (Å²) in [5.41, 5.74) is 6.71. The van der Waals surface area contributed by atoms with Crippen LogP contribution in [-0.2, 0) is 10.0 Å². The summed E-state index contributed by atoms with van der Waals surface area (Å²) in [6.45, 7) is 2.07. The molecule has 100 valence electrons. The molecule has 1 fully saturated rings. The van der Waals surface area contributed by atoms with Crippen molar-refractivity contribution < 1.29 is 8.42 Å². The summed E-state index contributed by atoms with van der Waals surface area (Å²) in [5.74, 6) is 0.646. The molecule has 2 rings (SSSR count). The minimum absolute atomic E-state index is 0.206. The van der Waals surface area contributed by atoms with Crippen molar-refractivity contribution in [3.05, 3.63) is 18.2 Å². The van der Waals surface area contributed by atoms with E-state index in [0.717, 1.165) is 0 Å². The van der Waals surface area contributed by atoms with Crippen molar-refractivity contribution in [2.75, 3.05) is 18.1 Å². The first-order chi connectivity index (χ1) is 8.44. The van der Waals surface area contributed by atoms with E-state index in [0.29, 0.717) is 17.3 Å². The van der Waals surface area contributed by atoms with Crippen molar-refractivity contribution in [1.29, 1.82) is 0 Å². The zero-order chi connectivity index (χ0) is 13.3. The fourth-order valence-corrected chi connectivity index (χ4v) is 2.88. The number of rotatable bonds is 5. The SMILES string of the molecule is CNS(=O)(=O)c1cc(N)ccc1NC(C)C1CC1. The lowest BCUT2D eigenvalue weighted by molar-refractivity contribution is 0.588. The van der Waals surface area contributed by atoms with E-state index in [4.69, 9.17) is 5.73 Å². The van der Waals surface area contributed by atoms with Crippen LogP contribution in [0, 0.1) is 5.92 Å². The molecule has 1 saturated carbocycles. The fraction of sp³-hybridized carbons (Fsp3) is 0.500. The first-order valence-electron chi connectivity index (χ1n) is 6.03. The predicted octanol–water partition coefficient (Wildman–Crippen LogP) is 1.39. The van der Waals surface area contributed by atoms with Crippen molar-refractivity contribution in [2.24, 2.45) is 5.92 Å². The molecule has 0 spiro atoms. The third-order valence-corrected chi connectivity index (χ3v) is 4.73. The smallest absolute Gasteiger partial charge is 0.242 e. The first kappa shape index (κ1) is 13.2. The molecule has 1 aromatic rings. The van der Waals surface area contributed by atoms with E-state index in [-0.39, 0.29) is 10.9 Å². The average Bonchev–Trinajstić information content (AvgIpc) is 3.15. The monoisotopic (exact) mass is 269 g/mol. The highest BCUT2D eigenvalue weighted by molar-refractivity contribution is 7.89. The van der Waals surface area contributed by atoms with Gasteiger partial charge in [-0.15, -0.1) is 0 Å². The Bertz CT molecular complexity index is 538. The molecule has 0 amide bonds. The van der Waals surface area contributed by atoms with Crippen molar-refractivity contribution in [2.45, 2.75) is 30.7 Å². The van der Waals surface area contributed by atoms with Crippen LogP contribution in [0.2, 0.25) is 0 Å². The van der Waals surface area contributed by atoms with E-state index < -0.39 is 10.0 Å². The second kappa shape index (κ2) is 4.78. The molecular formula is C12H19N3O2S. The van der Waals surface area contributed by atoms with Gasteiger partial charge >= 0.3 is 0 Å². The Hall–Kier alpha value is -1.27. The van der Waals surface area contributed by atoms with Gasteiger partial charge < -0.3 is 11.1 Å². The van der Waals surface area contributed by atoms with Crippen LogP contribution < -0.4 is 15.8 Å². The van der Waals surface area contributed by atoms with Gasteiger partial charge in [0.15, 0.2) is 0 Å². The summed E-state index contributed by atoms with van der Waals surface area (Å²) in [6, 6.07) is 5.18. The van der Waals surface area contributed by atoms with E-state index in [9.17, 15) is 8.42 Å². The normalized spacial score (nSPS) is 17.4. The standard InChI is InChI=1S/C12H19N3O2S/c1-8(9-3-4-9)15-11-6-5-10(13)7-12(11)18(16,17)14-2/h5-9,14-15H,3-4,13H2,1-2H3. The summed E-state index contributed by atoms with van der Waals surface area (Å²) in [5, 5.41) is 3.27. The predicted molar refractivity (Wildman–Crippen MR) is 72.9 cm³/mol. The topological polar surface area (TPSA) is 84.2 Å². The van der Waals surface area contributed by atoms with Gasteiger partial charge in [-0.05, 0) is 50.9 Å². The van der Waals surface area contributed by atoms with Crippen LogP contribution in [-0.4, -0.2) is 21.5 Å². The van der Waals surface area contributed by atoms with Crippen LogP contribution in [0.15, 0.2) is 23.1 Å². The molecular weight excluding hydrogens is 250 g/mol. The zero-order valence-corrected chi connectivity index (χ0v) is 11.4. The quantitative estimate of drug-likeness (QED) is 0.705. The lowest BCUT2D eigenvalue weighted by Gasteiger charge is -2.18. The third-order valence-electron chi connectivity index (χ3n) is 3.28. The van der Waals surface area contributed by atoms with E-state index in [2.05, 4.69) is 17.0 Å². The van der Waals surface area contributed by atoms with Gasteiger partial charge in [-0.3, -0.25) is 0 Å². The number of anilines is 2. The Kier molecular flexibility index (Phi) is 3.49. The minimum atomic E-state index is -3.49. The average molecular weight is 269 g/mol. The number of hydrogen-bond donors (Lipinski definition) is 3. The Labute approximate surface area is 108 Å². The van der Waals surface area contributed by atoms with Crippen molar-refractivity contribution in [3.63, 3.8) is 0 Å². The lowest BCUT2D eigenvalue weighted by atomic mass is 10.2. The van der Waals surface area contributed by atoms with Crippen molar-refractivity contribution in [3.8, 4) is 0 Å². The molecule has 4 N–H and O–H groups in total. The van der Waals surface area contributed by atoms with Gasteiger partial charge in [0, 0.05) is 11.7 Å². The molecule has 1 unspecified atom stereocenters. The van der Waals surface area contributed by atoms with Gasteiger partial charge in [0.05, 0.1) is 5.69 Å². The van der Waals surface area contributed by atoms with Crippen LogP contribution in [0.1, 0.15) is 19.8 Å². The second-order valence-electron chi connectivity index (χ2n) is 4.73. The lowest BCUT2D eigenvalue weighted by Crippen LogP contribution is -2.23.